The standard InChI is InChI=1S/C14H20N2O2S/c1-8(2)12(13(17)16-14(15)18)19-11-7-9(3)5-6-10(11)4/h5-8,12H,1-4H3,(H3,15,16,17,18). The van der Waals surface area contributed by atoms with Gasteiger partial charge in [0.2, 0.25) is 5.91 Å². The lowest BCUT2D eigenvalue weighted by Gasteiger charge is -2.20. The van der Waals surface area contributed by atoms with Crippen LogP contribution in [0.25, 0.3) is 0 Å². The molecule has 0 heterocycles. The fourth-order valence-electron chi connectivity index (χ4n) is 1.66. The molecule has 0 saturated heterocycles. The minimum absolute atomic E-state index is 0.101. The van der Waals surface area contributed by atoms with Gasteiger partial charge in [0.15, 0.2) is 0 Å². The van der Waals surface area contributed by atoms with Gasteiger partial charge >= 0.3 is 6.03 Å². The van der Waals surface area contributed by atoms with Crippen molar-refractivity contribution in [3.05, 3.63) is 29.3 Å². The highest BCUT2D eigenvalue weighted by molar-refractivity contribution is 8.00. The maximum absolute atomic E-state index is 12.0. The number of thioether (sulfide) groups is 1. The van der Waals surface area contributed by atoms with Crippen molar-refractivity contribution in [2.75, 3.05) is 0 Å². The first-order chi connectivity index (χ1) is 8.81. The molecule has 5 heteroatoms. The Labute approximate surface area is 118 Å². The zero-order valence-corrected chi connectivity index (χ0v) is 12.5. The zero-order chi connectivity index (χ0) is 14.6. The number of carbonyl (C=O) groups is 2. The predicted octanol–water partition coefficient (Wildman–Crippen LogP) is 2.62. The summed E-state index contributed by atoms with van der Waals surface area (Å²) in [5, 5.41) is 1.82. The molecule has 3 N–H and O–H groups in total. The second-order valence-electron chi connectivity index (χ2n) is 4.90. The molecule has 0 aliphatic carbocycles. The van der Waals surface area contributed by atoms with Gasteiger partial charge < -0.3 is 5.73 Å². The second-order valence-corrected chi connectivity index (χ2v) is 6.09. The minimum Gasteiger partial charge on any atom is -0.351 e. The molecule has 1 atom stereocenters. The maximum atomic E-state index is 12.0. The molecule has 1 aromatic carbocycles. The van der Waals surface area contributed by atoms with Crippen molar-refractivity contribution < 1.29 is 9.59 Å². The van der Waals surface area contributed by atoms with E-state index >= 15 is 0 Å². The van der Waals surface area contributed by atoms with Crippen LogP contribution in [0.5, 0.6) is 0 Å². The second kappa shape index (κ2) is 6.61. The van der Waals surface area contributed by atoms with E-state index in [9.17, 15) is 9.59 Å². The third-order valence-corrected chi connectivity index (χ3v) is 4.41. The van der Waals surface area contributed by atoms with Crippen LogP contribution in [0.3, 0.4) is 0 Å². The van der Waals surface area contributed by atoms with E-state index in [1.165, 1.54) is 11.8 Å². The average Bonchev–Trinajstić information content (AvgIpc) is 2.28. The van der Waals surface area contributed by atoms with Crippen LogP contribution in [-0.2, 0) is 4.79 Å². The van der Waals surface area contributed by atoms with E-state index in [1.807, 2.05) is 45.9 Å². The van der Waals surface area contributed by atoms with Crippen LogP contribution < -0.4 is 11.1 Å². The predicted molar refractivity (Wildman–Crippen MR) is 78.1 cm³/mol. The fraction of sp³-hybridized carbons (Fsp3) is 0.429. The molecule has 1 aromatic rings. The number of hydrogen-bond donors (Lipinski definition) is 2. The largest absolute Gasteiger partial charge is 0.351 e. The Kier molecular flexibility index (Phi) is 5.42. The lowest BCUT2D eigenvalue weighted by Crippen LogP contribution is -2.42. The Morgan fingerprint density at radius 1 is 1.26 bits per heavy atom. The van der Waals surface area contributed by atoms with Gasteiger partial charge in [-0.15, -0.1) is 11.8 Å². The summed E-state index contributed by atoms with van der Waals surface area (Å²) < 4.78 is 0. The normalized spacial score (nSPS) is 12.3. The van der Waals surface area contributed by atoms with E-state index in [0.29, 0.717) is 0 Å². The lowest BCUT2D eigenvalue weighted by molar-refractivity contribution is -0.120. The van der Waals surface area contributed by atoms with Crippen LogP contribution in [-0.4, -0.2) is 17.2 Å². The van der Waals surface area contributed by atoms with Gasteiger partial charge in [-0.3, -0.25) is 10.1 Å². The number of benzene rings is 1. The van der Waals surface area contributed by atoms with Gasteiger partial charge in [-0.2, -0.15) is 0 Å². The number of primary amides is 1. The summed E-state index contributed by atoms with van der Waals surface area (Å²) in [5.41, 5.74) is 7.26. The van der Waals surface area contributed by atoms with E-state index in [2.05, 4.69) is 5.32 Å². The van der Waals surface area contributed by atoms with E-state index in [4.69, 9.17) is 5.73 Å². The highest BCUT2D eigenvalue weighted by Crippen LogP contribution is 2.31. The SMILES string of the molecule is Cc1ccc(C)c(SC(C(=O)NC(N)=O)C(C)C)c1. The molecule has 0 aliphatic rings. The molecule has 0 aliphatic heterocycles. The number of aryl methyl sites for hydroxylation is 2. The van der Waals surface area contributed by atoms with Crippen LogP contribution in [0.1, 0.15) is 25.0 Å². The van der Waals surface area contributed by atoms with Gasteiger partial charge in [-0.05, 0) is 31.4 Å². The number of urea groups is 1. The average molecular weight is 280 g/mol. The van der Waals surface area contributed by atoms with Crippen molar-refractivity contribution in [3.8, 4) is 0 Å². The van der Waals surface area contributed by atoms with Crippen LogP contribution in [0.2, 0.25) is 0 Å². The molecule has 0 fully saturated rings. The first-order valence-electron chi connectivity index (χ1n) is 6.15. The Morgan fingerprint density at radius 3 is 2.42 bits per heavy atom. The third-order valence-electron chi connectivity index (χ3n) is 2.71. The molecule has 104 valence electrons. The van der Waals surface area contributed by atoms with Crippen molar-refractivity contribution in [2.45, 2.75) is 37.8 Å². The van der Waals surface area contributed by atoms with Gasteiger partial charge in [-0.25, -0.2) is 4.79 Å². The molecule has 19 heavy (non-hydrogen) atoms. The molecule has 4 nitrogen and oxygen atoms in total. The number of nitrogens with two attached hydrogens (primary N) is 1. The molecule has 1 rings (SSSR count). The molecule has 1 unspecified atom stereocenters. The van der Waals surface area contributed by atoms with Crippen LogP contribution in [0, 0.1) is 19.8 Å². The number of carbonyl (C=O) groups excluding carboxylic acids is 2. The molecule has 0 spiro atoms. The Hall–Kier alpha value is -1.49. The Morgan fingerprint density at radius 2 is 1.89 bits per heavy atom. The van der Waals surface area contributed by atoms with Crippen molar-refractivity contribution >= 4 is 23.7 Å². The summed E-state index contributed by atoms with van der Waals surface area (Å²) in [6.45, 7) is 7.91. The van der Waals surface area contributed by atoms with Gasteiger partial charge in [0.25, 0.3) is 0 Å². The van der Waals surface area contributed by atoms with E-state index in [0.717, 1.165) is 16.0 Å². The van der Waals surface area contributed by atoms with Gasteiger partial charge in [0.1, 0.15) is 0 Å². The number of rotatable bonds is 4. The first-order valence-corrected chi connectivity index (χ1v) is 7.03. The Balaban J connectivity index is 2.92. The van der Waals surface area contributed by atoms with Crippen LogP contribution in [0.4, 0.5) is 4.79 Å². The van der Waals surface area contributed by atoms with Crippen molar-refractivity contribution in [1.82, 2.24) is 5.32 Å². The summed E-state index contributed by atoms with van der Waals surface area (Å²) in [6.07, 6.45) is 0. The summed E-state index contributed by atoms with van der Waals surface area (Å²) in [7, 11) is 0. The molecular formula is C14H20N2O2S. The topological polar surface area (TPSA) is 72.2 Å². The van der Waals surface area contributed by atoms with Crippen LogP contribution >= 0.6 is 11.8 Å². The zero-order valence-electron chi connectivity index (χ0n) is 11.7. The number of imide groups is 1. The summed E-state index contributed by atoms with van der Waals surface area (Å²) >= 11 is 1.47. The highest BCUT2D eigenvalue weighted by atomic mass is 32.2. The summed E-state index contributed by atoms with van der Waals surface area (Å²) in [4.78, 5) is 23.8. The van der Waals surface area contributed by atoms with Crippen molar-refractivity contribution in [2.24, 2.45) is 11.7 Å². The molecule has 0 bridgehead atoms. The van der Waals surface area contributed by atoms with E-state index < -0.39 is 6.03 Å². The smallest absolute Gasteiger partial charge is 0.318 e. The fourth-order valence-corrected chi connectivity index (χ4v) is 2.88. The van der Waals surface area contributed by atoms with Gasteiger partial charge in [0, 0.05) is 4.90 Å². The first kappa shape index (κ1) is 15.6. The monoisotopic (exact) mass is 280 g/mol. The molecule has 0 aromatic heterocycles. The molecule has 3 amide bonds. The van der Waals surface area contributed by atoms with Gasteiger partial charge in [0.05, 0.1) is 5.25 Å². The molecule has 0 saturated carbocycles. The number of hydrogen-bond acceptors (Lipinski definition) is 3. The maximum Gasteiger partial charge on any atom is 0.318 e. The minimum atomic E-state index is -0.808. The van der Waals surface area contributed by atoms with Crippen molar-refractivity contribution in [3.63, 3.8) is 0 Å². The lowest BCUT2D eigenvalue weighted by atomic mass is 10.1. The third kappa shape index (κ3) is 4.59. The summed E-state index contributed by atoms with van der Waals surface area (Å²) in [5.74, 6) is -0.238. The Bertz CT molecular complexity index is 486. The van der Waals surface area contributed by atoms with E-state index in [1.54, 1.807) is 0 Å². The molecule has 0 radical (unpaired) electrons. The van der Waals surface area contributed by atoms with E-state index in [-0.39, 0.29) is 17.1 Å². The van der Waals surface area contributed by atoms with Crippen LogP contribution in [0.15, 0.2) is 23.1 Å². The number of nitrogens with one attached hydrogen (secondary N) is 1. The highest BCUT2D eigenvalue weighted by Gasteiger charge is 2.25. The summed E-state index contributed by atoms with van der Waals surface area (Å²) in [6, 6.07) is 5.30. The molecular weight excluding hydrogens is 260 g/mol. The van der Waals surface area contributed by atoms with Crippen molar-refractivity contribution in [1.29, 1.82) is 0 Å². The quantitative estimate of drug-likeness (QED) is 0.833. The number of amides is 3. The van der Waals surface area contributed by atoms with Gasteiger partial charge in [-0.1, -0.05) is 31.5 Å².